The third kappa shape index (κ3) is 3.43. The van der Waals surface area contributed by atoms with Crippen LogP contribution in [0.2, 0.25) is 0 Å². The first-order valence-corrected chi connectivity index (χ1v) is 6.64. The molecule has 2 atom stereocenters. The lowest BCUT2D eigenvalue weighted by Gasteiger charge is -2.22. The van der Waals surface area contributed by atoms with Gasteiger partial charge in [-0.15, -0.1) is 0 Å². The predicted octanol–water partition coefficient (Wildman–Crippen LogP) is 4.13. The van der Waals surface area contributed by atoms with Gasteiger partial charge in [-0.3, -0.25) is 0 Å². The molecule has 0 bridgehead atoms. The Bertz CT molecular complexity index is 589. The lowest BCUT2D eigenvalue weighted by molar-refractivity contribution is 0.456. The molecule has 2 aromatic rings. The van der Waals surface area contributed by atoms with Crippen LogP contribution in [0.4, 0.5) is 4.39 Å². The van der Waals surface area contributed by atoms with E-state index in [2.05, 4.69) is 11.4 Å². The summed E-state index contributed by atoms with van der Waals surface area (Å²) in [4.78, 5) is 0. The molecule has 0 aromatic heterocycles. The van der Waals surface area contributed by atoms with E-state index >= 15 is 0 Å². The molecule has 0 saturated carbocycles. The maximum Gasteiger partial charge on any atom is 0.127 e. The molecule has 0 aliphatic carbocycles. The Morgan fingerprint density at radius 1 is 1.10 bits per heavy atom. The standard InChI is InChI=1S/C17H17FN2/c1-13(15-9-5-6-10-16(15)18)20-17(11-12-19)14-7-3-2-4-8-14/h2-10,13,17,20H,11H2,1H3. The minimum absolute atomic E-state index is 0.101. The van der Waals surface area contributed by atoms with Crippen LogP contribution in [-0.2, 0) is 0 Å². The number of rotatable bonds is 5. The summed E-state index contributed by atoms with van der Waals surface area (Å²) in [5.74, 6) is -0.226. The van der Waals surface area contributed by atoms with Crippen LogP contribution in [0, 0.1) is 17.1 Å². The van der Waals surface area contributed by atoms with Crippen molar-refractivity contribution in [2.45, 2.75) is 25.4 Å². The largest absolute Gasteiger partial charge is 0.302 e. The van der Waals surface area contributed by atoms with Crippen molar-refractivity contribution in [1.82, 2.24) is 5.32 Å². The molecule has 0 aliphatic heterocycles. The zero-order valence-corrected chi connectivity index (χ0v) is 11.4. The Morgan fingerprint density at radius 3 is 2.40 bits per heavy atom. The van der Waals surface area contributed by atoms with Gasteiger partial charge in [-0.05, 0) is 18.6 Å². The highest BCUT2D eigenvalue weighted by molar-refractivity contribution is 5.24. The van der Waals surface area contributed by atoms with Crippen molar-refractivity contribution in [3.8, 4) is 6.07 Å². The van der Waals surface area contributed by atoms with Gasteiger partial charge in [0.25, 0.3) is 0 Å². The molecule has 0 spiro atoms. The topological polar surface area (TPSA) is 35.8 Å². The third-order valence-electron chi connectivity index (χ3n) is 3.32. The molecule has 2 aromatic carbocycles. The highest BCUT2D eigenvalue weighted by atomic mass is 19.1. The zero-order chi connectivity index (χ0) is 14.4. The SMILES string of the molecule is CC(NC(CC#N)c1ccccc1)c1ccccc1F. The van der Waals surface area contributed by atoms with Gasteiger partial charge in [0.2, 0.25) is 0 Å². The van der Waals surface area contributed by atoms with E-state index in [9.17, 15) is 4.39 Å². The molecule has 0 heterocycles. The van der Waals surface area contributed by atoms with Crippen LogP contribution in [0.25, 0.3) is 0 Å². The van der Waals surface area contributed by atoms with Crippen molar-refractivity contribution in [2.75, 3.05) is 0 Å². The molecule has 0 fully saturated rings. The molecular formula is C17H17FN2. The summed E-state index contributed by atoms with van der Waals surface area (Å²) in [6, 6.07) is 18.4. The van der Waals surface area contributed by atoms with Crippen molar-refractivity contribution in [1.29, 1.82) is 5.26 Å². The fraction of sp³-hybridized carbons (Fsp3) is 0.235. The molecule has 0 aliphatic rings. The van der Waals surface area contributed by atoms with E-state index in [-0.39, 0.29) is 17.9 Å². The second-order valence-electron chi connectivity index (χ2n) is 4.74. The quantitative estimate of drug-likeness (QED) is 0.885. The Hall–Kier alpha value is -2.18. The number of halogens is 1. The summed E-state index contributed by atoms with van der Waals surface area (Å²) in [6.07, 6.45) is 0.350. The average Bonchev–Trinajstić information content (AvgIpc) is 2.48. The van der Waals surface area contributed by atoms with Gasteiger partial charge < -0.3 is 5.32 Å². The summed E-state index contributed by atoms with van der Waals surface area (Å²) in [7, 11) is 0. The highest BCUT2D eigenvalue weighted by Gasteiger charge is 2.16. The summed E-state index contributed by atoms with van der Waals surface area (Å²) in [6.45, 7) is 1.91. The predicted molar refractivity (Wildman–Crippen MR) is 77.4 cm³/mol. The van der Waals surface area contributed by atoms with Gasteiger partial charge >= 0.3 is 0 Å². The van der Waals surface area contributed by atoms with Gasteiger partial charge in [0.05, 0.1) is 12.5 Å². The van der Waals surface area contributed by atoms with Gasteiger partial charge in [-0.25, -0.2) is 4.39 Å². The van der Waals surface area contributed by atoms with Crippen molar-refractivity contribution in [3.63, 3.8) is 0 Å². The van der Waals surface area contributed by atoms with Crippen LogP contribution in [0.3, 0.4) is 0 Å². The van der Waals surface area contributed by atoms with Gasteiger partial charge in [0, 0.05) is 17.6 Å². The number of hydrogen-bond acceptors (Lipinski definition) is 2. The van der Waals surface area contributed by atoms with E-state index in [1.807, 2.05) is 43.3 Å². The van der Waals surface area contributed by atoms with Crippen molar-refractivity contribution in [2.24, 2.45) is 0 Å². The Kier molecular flexibility index (Phi) is 4.86. The first-order chi connectivity index (χ1) is 9.72. The van der Waals surface area contributed by atoms with Crippen LogP contribution in [0.1, 0.15) is 36.6 Å². The van der Waals surface area contributed by atoms with Gasteiger partial charge in [-0.1, -0.05) is 48.5 Å². The number of nitriles is 1. The Balaban J connectivity index is 2.17. The maximum absolute atomic E-state index is 13.8. The lowest BCUT2D eigenvalue weighted by Crippen LogP contribution is -2.25. The first-order valence-electron chi connectivity index (χ1n) is 6.64. The van der Waals surface area contributed by atoms with E-state index in [4.69, 9.17) is 5.26 Å². The first kappa shape index (κ1) is 14.2. The number of nitrogens with one attached hydrogen (secondary N) is 1. The van der Waals surface area contributed by atoms with Crippen LogP contribution >= 0.6 is 0 Å². The van der Waals surface area contributed by atoms with Crippen LogP contribution < -0.4 is 5.32 Å². The van der Waals surface area contributed by atoms with E-state index in [0.717, 1.165) is 5.56 Å². The van der Waals surface area contributed by atoms with Crippen molar-refractivity contribution < 1.29 is 4.39 Å². The molecule has 2 nitrogen and oxygen atoms in total. The summed E-state index contributed by atoms with van der Waals surface area (Å²) in [5.41, 5.74) is 1.66. The van der Waals surface area contributed by atoms with E-state index in [0.29, 0.717) is 12.0 Å². The molecule has 0 amide bonds. The molecular weight excluding hydrogens is 251 g/mol. The van der Waals surface area contributed by atoms with Crippen LogP contribution in [-0.4, -0.2) is 0 Å². The Morgan fingerprint density at radius 2 is 1.75 bits per heavy atom. The number of nitrogens with zero attached hydrogens (tertiary/aromatic N) is 1. The average molecular weight is 268 g/mol. The van der Waals surface area contributed by atoms with Crippen LogP contribution in [0.15, 0.2) is 54.6 Å². The second kappa shape index (κ2) is 6.83. The molecule has 1 N–H and O–H groups in total. The molecule has 20 heavy (non-hydrogen) atoms. The number of hydrogen-bond donors (Lipinski definition) is 1. The lowest BCUT2D eigenvalue weighted by atomic mass is 10.0. The van der Waals surface area contributed by atoms with E-state index in [1.54, 1.807) is 12.1 Å². The van der Waals surface area contributed by atoms with E-state index in [1.165, 1.54) is 6.07 Å². The summed E-state index contributed by atoms with van der Waals surface area (Å²) < 4.78 is 13.8. The fourth-order valence-electron chi connectivity index (χ4n) is 2.27. The Labute approximate surface area is 118 Å². The third-order valence-corrected chi connectivity index (χ3v) is 3.32. The molecule has 102 valence electrons. The molecule has 0 radical (unpaired) electrons. The smallest absolute Gasteiger partial charge is 0.127 e. The fourth-order valence-corrected chi connectivity index (χ4v) is 2.27. The molecule has 0 saturated heterocycles. The molecule has 3 heteroatoms. The minimum atomic E-state index is -0.226. The van der Waals surface area contributed by atoms with Crippen molar-refractivity contribution in [3.05, 3.63) is 71.5 Å². The molecule has 2 rings (SSSR count). The second-order valence-corrected chi connectivity index (χ2v) is 4.74. The van der Waals surface area contributed by atoms with Gasteiger partial charge in [-0.2, -0.15) is 5.26 Å². The minimum Gasteiger partial charge on any atom is -0.302 e. The zero-order valence-electron chi connectivity index (χ0n) is 11.4. The maximum atomic E-state index is 13.8. The number of benzene rings is 2. The van der Waals surface area contributed by atoms with E-state index < -0.39 is 0 Å². The highest BCUT2D eigenvalue weighted by Crippen LogP contribution is 2.23. The summed E-state index contributed by atoms with van der Waals surface area (Å²) >= 11 is 0. The molecule has 2 unspecified atom stereocenters. The monoisotopic (exact) mass is 268 g/mol. The van der Waals surface area contributed by atoms with Gasteiger partial charge in [0.1, 0.15) is 5.82 Å². The van der Waals surface area contributed by atoms with Crippen molar-refractivity contribution >= 4 is 0 Å². The summed E-state index contributed by atoms with van der Waals surface area (Å²) in [5, 5.41) is 12.3. The normalized spacial score (nSPS) is 13.4. The van der Waals surface area contributed by atoms with Gasteiger partial charge in [0.15, 0.2) is 0 Å². The van der Waals surface area contributed by atoms with Crippen LogP contribution in [0.5, 0.6) is 0 Å².